The maximum atomic E-state index is 12.6. The molecule has 0 radical (unpaired) electrons. The molecule has 2 amide bonds. The highest BCUT2D eigenvalue weighted by Gasteiger charge is 2.23. The summed E-state index contributed by atoms with van der Waals surface area (Å²) in [6.45, 7) is 7.32. The Kier molecular flexibility index (Phi) is 9.23. The second kappa shape index (κ2) is 11.9. The summed E-state index contributed by atoms with van der Waals surface area (Å²) in [5, 5.41) is 17.6. The third kappa shape index (κ3) is 6.87. The molecule has 1 fully saturated rings. The number of carbonyl (C=O) groups excluding carboxylic acids is 2. The highest BCUT2D eigenvalue weighted by atomic mass is 32.1. The fourth-order valence-corrected chi connectivity index (χ4v) is 5.33. The van der Waals surface area contributed by atoms with Crippen molar-refractivity contribution in [3.63, 3.8) is 0 Å². The number of aryl methyl sites for hydroxylation is 1. The molecular formula is C22H33N7O3S2. The molecule has 1 atom stereocenters. The highest BCUT2D eigenvalue weighted by molar-refractivity contribution is 7.59. The average Bonchev–Trinajstić information content (AvgIpc) is 3.17. The molecule has 12 heteroatoms. The second-order valence-corrected chi connectivity index (χ2v) is 9.95. The molecule has 2 aromatic rings. The summed E-state index contributed by atoms with van der Waals surface area (Å²) in [7, 11) is 0. The van der Waals surface area contributed by atoms with Crippen LogP contribution in [-0.2, 0) is 17.8 Å². The first kappa shape index (κ1) is 26.3. The molecule has 0 bridgehead atoms. The number of thiazole rings is 1. The van der Waals surface area contributed by atoms with Crippen LogP contribution in [0.25, 0.3) is 0 Å². The maximum absolute atomic E-state index is 12.6. The van der Waals surface area contributed by atoms with E-state index in [0.29, 0.717) is 25.5 Å². The highest BCUT2D eigenvalue weighted by Crippen LogP contribution is 2.24. The Morgan fingerprint density at radius 3 is 2.76 bits per heavy atom. The van der Waals surface area contributed by atoms with Gasteiger partial charge in [-0.15, -0.1) is 11.3 Å². The van der Waals surface area contributed by atoms with Gasteiger partial charge in [0.15, 0.2) is 0 Å². The van der Waals surface area contributed by atoms with Crippen molar-refractivity contribution in [2.75, 3.05) is 38.0 Å². The van der Waals surface area contributed by atoms with Crippen LogP contribution in [0.1, 0.15) is 45.8 Å². The zero-order valence-electron chi connectivity index (χ0n) is 19.6. The van der Waals surface area contributed by atoms with Crippen LogP contribution in [0.5, 0.6) is 0 Å². The molecular weight excluding hydrogens is 474 g/mol. The molecule has 10 nitrogen and oxygen atoms in total. The number of fused-ring (bicyclic) bond motifs is 1. The van der Waals surface area contributed by atoms with Crippen LogP contribution >= 0.6 is 24.8 Å². The van der Waals surface area contributed by atoms with E-state index < -0.39 is 6.10 Å². The van der Waals surface area contributed by atoms with Crippen LogP contribution in [-0.4, -0.2) is 86.5 Å². The van der Waals surface area contributed by atoms with Gasteiger partial charge in [-0.3, -0.25) is 14.5 Å². The molecule has 0 aliphatic carbocycles. The summed E-state index contributed by atoms with van der Waals surface area (Å²) in [4.78, 5) is 42.2. The van der Waals surface area contributed by atoms with Gasteiger partial charge in [-0.2, -0.15) is 13.5 Å². The summed E-state index contributed by atoms with van der Waals surface area (Å²) >= 11 is 1.71. The van der Waals surface area contributed by atoms with E-state index in [1.165, 1.54) is 16.9 Å². The van der Waals surface area contributed by atoms with Crippen LogP contribution < -0.4 is 10.6 Å². The van der Waals surface area contributed by atoms with Crippen LogP contribution in [0.3, 0.4) is 0 Å². The Balaban J connectivity index is 0.00000324. The Morgan fingerprint density at radius 1 is 1.26 bits per heavy atom. The number of likely N-dealkylation sites (tertiary alicyclic amines) is 1. The fourth-order valence-electron chi connectivity index (χ4n) is 4.31. The number of aromatic nitrogens is 3. The minimum atomic E-state index is -0.671. The SMILES string of the molecule is CC(=O)N1CCC(Nc2cc(C(=O)NC[C@H](O)CN3CCc4nc(C)sc4C3)ncn2)CC1.S. The Bertz CT molecular complexity index is 995. The smallest absolute Gasteiger partial charge is 0.270 e. The van der Waals surface area contributed by atoms with Crippen LogP contribution in [0.15, 0.2) is 12.4 Å². The molecule has 186 valence electrons. The number of hydrogen-bond acceptors (Lipinski definition) is 9. The van der Waals surface area contributed by atoms with Gasteiger partial charge in [0.05, 0.1) is 16.8 Å². The molecule has 4 heterocycles. The minimum Gasteiger partial charge on any atom is -0.390 e. The lowest BCUT2D eigenvalue weighted by molar-refractivity contribution is -0.129. The number of piperidine rings is 1. The number of anilines is 1. The monoisotopic (exact) mass is 507 g/mol. The first-order chi connectivity index (χ1) is 15.9. The minimum absolute atomic E-state index is 0. The zero-order chi connectivity index (χ0) is 23.4. The largest absolute Gasteiger partial charge is 0.390 e. The third-order valence-electron chi connectivity index (χ3n) is 6.08. The third-order valence-corrected chi connectivity index (χ3v) is 7.07. The summed E-state index contributed by atoms with van der Waals surface area (Å²) in [6, 6.07) is 1.82. The predicted octanol–water partition coefficient (Wildman–Crippen LogP) is 0.926. The predicted molar refractivity (Wildman–Crippen MR) is 135 cm³/mol. The van der Waals surface area contributed by atoms with E-state index in [2.05, 4.69) is 30.5 Å². The van der Waals surface area contributed by atoms with Gasteiger partial charge in [0, 0.05) is 69.6 Å². The number of hydrogen-bond donors (Lipinski definition) is 3. The molecule has 0 aromatic carbocycles. The standard InChI is InChI=1S/C22H31N7O3S.H2S/c1-14-26-18-5-6-28(12-20(18)33-14)11-17(31)10-23-22(32)19-9-21(25-13-24-19)27-16-3-7-29(8-4-16)15(2)30;/h9,13,16-17,31H,3-8,10-12H2,1-2H3,(H,23,32)(H,24,25,27);1H2/t17-;/m0./s1. The molecule has 2 aliphatic heterocycles. The van der Waals surface area contributed by atoms with Crippen LogP contribution in [0, 0.1) is 6.92 Å². The lowest BCUT2D eigenvalue weighted by atomic mass is 10.1. The van der Waals surface area contributed by atoms with Crippen molar-refractivity contribution in [3.05, 3.63) is 33.7 Å². The number of nitrogens with one attached hydrogen (secondary N) is 2. The van der Waals surface area contributed by atoms with Crippen molar-refractivity contribution < 1.29 is 14.7 Å². The molecule has 2 aromatic heterocycles. The Hall–Kier alpha value is -2.28. The summed E-state index contributed by atoms with van der Waals surface area (Å²) in [5.74, 6) is 0.339. The van der Waals surface area contributed by atoms with E-state index >= 15 is 0 Å². The average molecular weight is 508 g/mol. The van der Waals surface area contributed by atoms with E-state index in [-0.39, 0.29) is 43.6 Å². The van der Waals surface area contributed by atoms with Gasteiger partial charge in [-0.05, 0) is 19.8 Å². The van der Waals surface area contributed by atoms with Crippen molar-refractivity contribution in [3.8, 4) is 0 Å². The van der Waals surface area contributed by atoms with E-state index in [1.54, 1.807) is 24.3 Å². The first-order valence-electron chi connectivity index (χ1n) is 11.3. The van der Waals surface area contributed by atoms with E-state index in [1.807, 2.05) is 11.8 Å². The summed E-state index contributed by atoms with van der Waals surface area (Å²) in [5.41, 5.74) is 1.43. The topological polar surface area (TPSA) is 124 Å². The number of aliphatic hydroxyl groups excluding tert-OH is 1. The number of β-amino-alcohol motifs (C(OH)–C–C–N with tert-alkyl or cyclic N) is 1. The van der Waals surface area contributed by atoms with Gasteiger partial charge in [0.25, 0.3) is 5.91 Å². The maximum Gasteiger partial charge on any atom is 0.270 e. The van der Waals surface area contributed by atoms with Crippen molar-refractivity contribution in [2.24, 2.45) is 0 Å². The van der Waals surface area contributed by atoms with Gasteiger partial charge in [-0.1, -0.05) is 0 Å². The van der Waals surface area contributed by atoms with E-state index in [9.17, 15) is 14.7 Å². The van der Waals surface area contributed by atoms with Crippen molar-refractivity contribution in [1.82, 2.24) is 30.1 Å². The zero-order valence-corrected chi connectivity index (χ0v) is 21.4. The van der Waals surface area contributed by atoms with Crippen molar-refractivity contribution in [2.45, 2.75) is 51.8 Å². The van der Waals surface area contributed by atoms with Crippen LogP contribution in [0.4, 0.5) is 5.82 Å². The van der Waals surface area contributed by atoms with Gasteiger partial charge in [0.1, 0.15) is 17.8 Å². The number of amides is 2. The molecule has 1 saturated heterocycles. The van der Waals surface area contributed by atoms with Gasteiger partial charge in [-0.25, -0.2) is 15.0 Å². The number of nitrogens with zero attached hydrogens (tertiary/aromatic N) is 5. The Morgan fingerprint density at radius 2 is 2.03 bits per heavy atom. The second-order valence-electron chi connectivity index (χ2n) is 8.66. The fraction of sp³-hybridized carbons (Fsp3) is 0.591. The lowest BCUT2D eigenvalue weighted by Crippen LogP contribution is -2.42. The Labute approximate surface area is 210 Å². The van der Waals surface area contributed by atoms with Crippen molar-refractivity contribution >= 4 is 42.5 Å². The molecule has 4 rings (SSSR count). The first-order valence-corrected chi connectivity index (χ1v) is 12.2. The quantitative estimate of drug-likeness (QED) is 0.506. The lowest BCUT2D eigenvalue weighted by Gasteiger charge is -2.31. The molecule has 0 unspecified atom stereocenters. The summed E-state index contributed by atoms with van der Waals surface area (Å²) < 4.78 is 0. The number of carbonyl (C=O) groups is 2. The number of rotatable bonds is 7. The molecule has 0 spiro atoms. The van der Waals surface area contributed by atoms with Gasteiger partial charge in [0.2, 0.25) is 5.91 Å². The molecule has 0 saturated carbocycles. The van der Waals surface area contributed by atoms with Gasteiger partial charge >= 0.3 is 0 Å². The molecule has 2 aliphatic rings. The molecule has 3 N–H and O–H groups in total. The van der Waals surface area contributed by atoms with Crippen molar-refractivity contribution in [1.29, 1.82) is 0 Å². The summed E-state index contributed by atoms with van der Waals surface area (Å²) in [6.07, 6.45) is 3.24. The number of aliphatic hydroxyl groups is 1. The van der Waals surface area contributed by atoms with E-state index in [0.717, 1.165) is 37.4 Å². The van der Waals surface area contributed by atoms with Gasteiger partial charge < -0.3 is 20.6 Å². The van der Waals surface area contributed by atoms with E-state index in [4.69, 9.17) is 0 Å². The van der Waals surface area contributed by atoms with Crippen LogP contribution in [0.2, 0.25) is 0 Å². The molecule has 34 heavy (non-hydrogen) atoms. The normalized spacial score (nSPS) is 17.4.